The van der Waals surface area contributed by atoms with Gasteiger partial charge in [0.2, 0.25) is 5.92 Å². The average molecular weight is 501 g/mol. The number of carbonyl (C=O) groups is 1. The number of aromatic nitrogens is 2. The first kappa shape index (κ1) is 25.0. The van der Waals surface area contributed by atoms with Crippen LogP contribution in [-0.2, 0) is 22.4 Å². The quantitative estimate of drug-likeness (QED) is 0.462. The molecule has 1 saturated carbocycles. The summed E-state index contributed by atoms with van der Waals surface area (Å²) in [6, 6.07) is 6.79. The summed E-state index contributed by atoms with van der Waals surface area (Å²) in [6.07, 6.45) is 6.76. The van der Waals surface area contributed by atoms with E-state index in [9.17, 15) is 18.7 Å². The van der Waals surface area contributed by atoms with Crippen LogP contribution < -0.4 is 5.32 Å². The second kappa shape index (κ2) is 10.8. The van der Waals surface area contributed by atoms with Crippen molar-refractivity contribution in [1.29, 1.82) is 0 Å². The van der Waals surface area contributed by atoms with E-state index in [0.717, 1.165) is 56.6 Å². The first-order valence-electron chi connectivity index (χ1n) is 13.0. The molecular weight excluding hydrogens is 466 g/mol. The number of fused-ring (bicyclic) bond motifs is 1. The molecule has 5 rings (SSSR count). The van der Waals surface area contributed by atoms with Crippen LogP contribution in [0.15, 0.2) is 30.5 Å². The van der Waals surface area contributed by atoms with Crippen molar-refractivity contribution >= 4 is 11.8 Å². The maximum Gasteiger partial charge on any atom is 0.325 e. The summed E-state index contributed by atoms with van der Waals surface area (Å²) in [5.74, 6) is -3.04. The molecule has 2 aliphatic heterocycles. The minimum atomic E-state index is -2.68. The van der Waals surface area contributed by atoms with Gasteiger partial charge in [0.1, 0.15) is 11.9 Å². The van der Waals surface area contributed by atoms with E-state index in [1.54, 1.807) is 18.3 Å². The number of ether oxygens (including phenoxy) is 1. The molecule has 0 spiro atoms. The van der Waals surface area contributed by atoms with Crippen LogP contribution in [0.3, 0.4) is 0 Å². The van der Waals surface area contributed by atoms with Crippen LogP contribution in [0.1, 0.15) is 73.0 Å². The van der Waals surface area contributed by atoms with Crippen molar-refractivity contribution < 1.29 is 23.4 Å². The lowest BCUT2D eigenvalue weighted by Crippen LogP contribution is -2.38. The van der Waals surface area contributed by atoms with E-state index >= 15 is 0 Å². The minimum absolute atomic E-state index is 0.0360. The van der Waals surface area contributed by atoms with E-state index in [1.165, 1.54) is 5.56 Å². The number of halogens is 2. The van der Waals surface area contributed by atoms with Crippen LogP contribution >= 0.6 is 0 Å². The molecule has 0 amide bonds. The number of hydrogen-bond donors (Lipinski definition) is 2. The molecule has 2 aromatic rings. The molecule has 7 nitrogen and oxygen atoms in total. The largest absolute Gasteiger partial charge is 0.480 e. The van der Waals surface area contributed by atoms with Gasteiger partial charge in [-0.25, -0.2) is 13.8 Å². The van der Waals surface area contributed by atoms with Crippen LogP contribution in [0, 0.1) is 0 Å². The number of unbranched alkanes of at least 4 members (excludes halogenated alkanes) is 1. The Morgan fingerprint density at radius 3 is 2.94 bits per heavy atom. The van der Waals surface area contributed by atoms with Crippen molar-refractivity contribution in [2.75, 3.05) is 31.6 Å². The molecule has 4 heterocycles. The summed E-state index contributed by atoms with van der Waals surface area (Å²) in [5, 5.41) is 13.4. The van der Waals surface area contributed by atoms with Gasteiger partial charge in [0.15, 0.2) is 0 Å². The number of nitrogens with one attached hydrogen (secondary N) is 1. The van der Waals surface area contributed by atoms with Gasteiger partial charge in [-0.15, -0.1) is 0 Å². The Morgan fingerprint density at radius 2 is 2.14 bits per heavy atom. The number of aliphatic carboxylic acids is 1. The van der Waals surface area contributed by atoms with Gasteiger partial charge in [-0.05, 0) is 56.2 Å². The number of alkyl halides is 2. The van der Waals surface area contributed by atoms with Crippen molar-refractivity contribution in [3.63, 3.8) is 0 Å². The number of likely N-dealkylation sites (tertiary alicyclic amines) is 1. The predicted octanol–water partition coefficient (Wildman–Crippen LogP) is 4.59. The van der Waals surface area contributed by atoms with E-state index in [-0.39, 0.29) is 18.9 Å². The normalized spacial score (nSPS) is 22.4. The van der Waals surface area contributed by atoms with E-state index in [4.69, 9.17) is 9.72 Å². The molecule has 0 bridgehead atoms. The zero-order valence-corrected chi connectivity index (χ0v) is 20.5. The summed E-state index contributed by atoms with van der Waals surface area (Å²) >= 11 is 0. The topological polar surface area (TPSA) is 87.6 Å². The number of anilines is 1. The predicted molar refractivity (Wildman–Crippen MR) is 131 cm³/mol. The molecule has 0 radical (unpaired) electrons. The molecule has 36 heavy (non-hydrogen) atoms. The van der Waals surface area contributed by atoms with Gasteiger partial charge in [0.25, 0.3) is 0 Å². The second-order valence-corrected chi connectivity index (χ2v) is 10.3. The Morgan fingerprint density at radius 1 is 1.28 bits per heavy atom. The highest BCUT2D eigenvalue weighted by Gasteiger charge is 2.48. The minimum Gasteiger partial charge on any atom is -0.480 e. The van der Waals surface area contributed by atoms with Crippen LogP contribution in [0.4, 0.5) is 14.6 Å². The second-order valence-electron chi connectivity index (χ2n) is 10.3. The van der Waals surface area contributed by atoms with Gasteiger partial charge in [0, 0.05) is 68.1 Å². The van der Waals surface area contributed by atoms with Crippen LogP contribution in [0.2, 0.25) is 0 Å². The zero-order valence-electron chi connectivity index (χ0n) is 20.5. The molecule has 1 aliphatic carbocycles. The van der Waals surface area contributed by atoms with E-state index in [1.807, 2.05) is 4.90 Å². The van der Waals surface area contributed by atoms with Gasteiger partial charge in [-0.1, -0.05) is 12.1 Å². The van der Waals surface area contributed by atoms with Gasteiger partial charge in [-0.2, -0.15) is 0 Å². The van der Waals surface area contributed by atoms with Crippen molar-refractivity contribution in [1.82, 2.24) is 14.9 Å². The fourth-order valence-electron chi connectivity index (χ4n) is 5.63. The summed E-state index contributed by atoms with van der Waals surface area (Å²) in [7, 11) is 0. The first-order valence-corrected chi connectivity index (χ1v) is 13.0. The molecule has 2 atom stereocenters. The third kappa shape index (κ3) is 5.67. The molecule has 9 heteroatoms. The lowest BCUT2D eigenvalue weighted by atomic mass is 9.76. The lowest BCUT2D eigenvalue weighted by Gasteiger charge is -2.36. The number of rotatable bonds is 10. The fourth-order valence-corrected chi connectivity index (χ4v) is 5.63. The van der Waals surface area contributed by atoms with Crippen molar-refractivity contribution in [2.45, 2.75) is 75.4 Å². The van der Waals surface area contributed by atoms with Gasteiger partial charge < -0.3 is 15.2 Å². The monoisotopic (exact) mass is 500 g/mol. The first-order chi connectivity index (χ1) is 17.4. The number of hydrogen-bond acceptors (Lipinski definition) is 6. The Labute approximate surface area is 210 Å². The number of nitrogens with zero attached hydrogens (tertiary/aromatic N) is 3. The molecular formula is C27H34F2N4O3. The molecule has 194 valence electrons. The number of aryl methyl sites for hydroxylation is 2. The van der Waals surface area contributed by atoms with Crippen molar-refractivity contribution in [2.24, 2.45) is 0 Å². The third-order valence-corrected chi connectivity index (χ3v) is 7.55. The van der Waals surface area contributed by atoms with Crippen LogP contribution in [-0.4, -0.2) is 64.2 Å². The molecule has 0 aromatic carbocycles. The fraction of sp³-hybridized carbons (Fsp3) is 0.593. The molecule has 2 fully saturated rings. The highest BCUT2D eigenvalue weighted by molar-refractivity contribution is 5.76. The standard InChI is InChI=1S/C27H34F2N4O3/c28-27(29)15-19(16-27)23-22(7-4-11-30-23)24(26(34)35)33-13-10-21(17-33)36-14-2-1-6-20-9-8-18-5-3-12-31-25(18)32-20/h4,7-9,11,19,21,24H,1-3,5-6,10,12-17H2,(H,31,32)(H,34,35). The average Bonchev–Trinajstić information content (AvgIpc) is 3.30. The van der Waals surface area contributed by atoms with E-state index in [2.05, 4.69) is 22.4 Å². The van der Waals surface area contributed by atoms with Gasteiger partial charge >= 0.3 is 5.97 Å². The zero-order chi connectivity index (χ0) is 25.1. The summed E-state index contributed by atoms with van der Waals surface area (Å²) in [4.78, 5) is 23.2. The Hall–Kier alpha value is -2.65. The molecule has 2 unspecified atom stereocenters. The number of pyridine rings is 2. The SMILES string of the molecule is O=C(O)C(c1cccnc1C1CC(F)(F)C1)N1CCC(OCCCCc2ccc3c(n2)NCCC3)C1. The number of carboxylic acid groups (broad SMARTS) is 1. The highest BCUT2D eigenvalue weighted by atomic mass is 19.3. The molecule has 1 saturated heterocycles. The third-order valence-electron chi connectivity index (χ3n) is 7.55. The number of carboxylic acids is 1. The summed E-state index contributed by atoms with van der Waals surface area (Å²) in [5.41, 5.74) is 3.41. The van der Waals surface area contributed by atoms with Gasteiger partial charge in [0.05, 0.1) is 6.10 Å². The van der Waals surface area contributed by atoms with E-state index < -0.39 is 23.9 Å². The highest BCUT2D eigenvalue weighted by Crippen LogP contribution is 2.49. The lowest BCUT2D eigenvalue weighted by molar-refractivity contribution is -0.143. The smallest absolute Gasteiger partial charge is 0.325 e. The Kier molecular flexibility index (Phi) is 7.48. The maximum atomic E-state index is 13.5. The van der Waals surface area contributed by atoms with Gasteiger partial charge in [-0.3, -0.25) is 14.7 Å². The molecule has 2 aromatic heterocycles. The molecule has 3 aliphatic rings. The van der Waals surface area contributed by atoms with Crippen molar-refractivity contribution in [3.05, 3.63) is 53.0 Å². The maximum absolute atomic E-state index is 13.5. The Balaban J connectivity index is 1.11. The Bertz CT molecular complexity index is 1070. The van der Waals surface area contributed by atoms with Crippen LogP contribution in [0.25, 0.3) is 0 Å². The summed E-state index contributed by atoms with van der Waals surface area (Å²) < 4.78 is 33.0. The van der Waals surface area contributed by atoms with Crippen LogP contribution in [0.5, 0.6) is 0 Å². The summed E-state index contributed by atoms with van der Waals surface area (Å²) in [6.45, 7) is 2.69. The molecule has 2 N–H and O–H groups in total. The van der Waals surface area contributed by atoms with E-state index in [0.29, 0.717) is 31.0 Å². The van der Waals surface area contributed by atoms with Crippen molar-refractivity contribution in [3.8, 4) is 0 Å².